The highest BCUT2D eigenvalue weighted by molar-refractivity contribution is 5.97. The Kier molecular flexibility index (Phi) is 3.32. The van der Waals surface area contributed by atoms with Crippen molar-refractivity contribution in [1.82, 2.24) is 0 Å². The lowest BCUT2D eigenvalue weighted by atomic mass is 9.82. The molecule has 0 spiro atoms. The van der Waals surface area contributed by atoms with Crippen LogP contribution in [0.15, 0.2) is 30.4 Å². The van der Waals surface area contributed by atoms with Crippen molar-refractivity contribution in [2.24, 2.45) is 23.7 Å². The number of hydrogen-bond acceptors (Lipinski definition) is 2. The second kappa shape index (κ2) is 5.02. The van der Waals surface area contributed by atoms with Gasteiger partial charge in [0.25, 0.3) is 0 Å². The standard InChI is InChI=1S/C17H19NO3/c1-9-4-3-5-10(2)15(9)18-16(19)13-11-6-7-12(8-11)14(13)17(20)21/h3-7,11-14H,8H2,1-2H3,(H,18,19)(H,20,21)/t11-,12+,13+,14+/m1/s1. The molecule has 4 heteroatoms. The molecule has 0 unspecified atom stereocenters. The number of carbonyl (C=O) groups excluding carboxylic acids is 1. The van der Waals surface area contributed by atoms with E-state index in [4.69, 9.17) is 0 Å². The van der Waals surface area contributed by atoms with Crippen LogP contribution in [0.4, 0.5) is 5.69 Å². The van der Waals surface area contributed by atoms with Gasteiger partial charge >= 0.3 is 5.97 Å². The van der Waals surface area contributed by atoms with Gasteiger partial charge in [-0.15, -0.1) is 0 Å². The van der Waals surface area contributed by atoms with Gasteiger partial charge < -0.3 is 10.4 Å². The van der Waals surface area contributed by atoms with Gasteiger partial charge in [-0.05, 0) is 43.2 Å². The van der Waals surface area contributed by atoms with Crippen LogP contribution < -0.4 is 5.32 Å². The van der Waals surface area contributed by atoms with E-state index in [9.17, 15) is 14.7 Å². The third-order valence-corrected chi connectivity index (χ3v) is 4.78. The number of benzene rings is 1. The molecule has 1 aromatic rings. The molecule has 1 fully saturated rings. The number of rotatable bonds is 3. The van der Waals surface area contributed by atoms with Crippen molar-refractivity contribution in [2.75, 3.05) is 5.32 Å². The molecule has 0 aliphatic heterocycles. The Morgan fingerprint density at radius 3 is 2.24 bits per heavy atom. The molecule has 2 bridgehead atoms. The molecule has 4 nitrogen and oxygen atoms in total. The first kappa shape index (κ1) is 13.9. The zero-order valence-electron chi connectivity index (χ0n) is 12.2. The minimum Gasteiger partial charge on any atom is -0.481 e. The van der Waals surface area contributed by atoms with Gasteiger partial charge in [-0.25, -0.2) is 0 Å². The van der Waals surface area contributed by atoms with E-state index < -0.39 is 17.8 Å². The molecular weight excluding hydrogens is 266 g/mol. The van der Waals surface area contributed by atoms with Crippen LogP contribution >= 0.6 is 0 Å². The first-order valence-electron chi connectivity index (χ1n) is 7.27. The number of aliphatic carboxylic acids is 1. The Bertz CT molecular complexity index is 615. The Morgan fingerprint density at radius 1 is 1.10 bits per heavy atom. The maximum Gasteiger partial charge on any atom is 0.307 e. The summed E-state index contributed by atoms with van der Waals surface area (Å²) in [6, 6.07) is 5.83. The number of anilines is 1. The number of allylic oxidation sites excluding steroid dienone is 2. The highest BCUT2D eigenvalue weighted by Gasteiger charge is 2.51. The smallest absolute Gasteiger partial charge is 0.307 e. The Hall–Kier alpha value is -2.10. The van der Waals surface area contributed by atoms with Crippen molar-refractivity contribution >= 4 is 17.6 Å². The fourth-order valence-electron chi connectivity index (χ4n) is 3.73. The normalized spacial score (nSPS) is 29.6. The van der Waals surface area contributed by atoms with E-state index in [2.05, 4.69) is 5.32 Å². The first-order valence-corrected chi connectivity index (χ1v) is 7.27. The molecule has 1 amide bonds. The van der Waals surface area contributed by atoms with Crippen LogP contribution in [0.25, 0.3) is 0 Å². The third-order valence-electron chi connectivity index (χ3n) is 4.78. The molecule has 0 radical (unpaired) electrons. The number of nitrogens with one attached hydrogen (secondary N) is 1. The average molecular weight is 285 g/mol. The van der Waals surface area contributed by atoms with Crippen molar-refractivity contribution < 1.29 is 14.7 Å². The predicted molar refractivity (Wildman–Crippen MR) is 79.9 cm³/mol. The fraction of sp³-hybridized carbons (Fsp3) is 0.412. The number of carboxylic acids is 1. The number of fused-ring (bicyclic) bond motifs is 2. The van der Waals surface area contributed by atoms with Crippen LogP contribution in [0, 0.1) is 37.5 Å². The molecule has 2 aliphatic carbocycles. The fourth-order valence-corrected chi connectivity index (χ4v) is 3.73. The highest BCUT2D eigenvalue weighted by Crippen LogP contribution is 2.48. The summed E-state index contributed by atoms with van der Waals surface area (Å²) in [6.45, 7) is 3.88. The Morgan fingerprint density at radius 2 is 1.67 bits per heavy atom. The van der Waals surface area contributed by atoms with Gasteiger partial charge in [0, 0.05) is 5.69 Å². The van der Waals surface area contributed by atoms with Crippen LogP contribution in [0.5, 0.6) is 0 Å². The lowest BCUT2D eigenvalue weighted by Gasteiger charge is -2.24. The van der Waals surface area contributed by atoms with E-state index in [-0.39, 0.29) is 17.7 Å². The van der Waals surface area contributed by atoms with E-state index in [1.165, 1.54) is 0 Å². The molecular formula is C17H19NO3. The summed E-state index contributed by atoms with van der Waals surface area (Å²) in [5, 5.41) is 12.4. The summed E-state index contributed by atoms with van der Waals surface area (Å²) >= 11 is 0. The van der Waals surface area contributed by atoms with E-state index in [1.807, 2.05) is 44.2 Å². The van der Waals surface area contributed by atoms with Gasteiger partial charge in [-0.2, -0.15) is 0 Å². The van der Waals surface area contributed by atoms with Gasteiger partial charge in [0.2, 0.25) is 5.91 Å². The zero-order valence-corrected chi connectivity index (χ0v) is 12.2. The predicted octanol–water partition coefficient (Wildman–Crippen LogP) is 2.76. The van der Waals surface area contributed by atoms with Gasteiger partial charge in [0.05, 0.1) is 11.8 Å². The van der Waals surface area contributed by atoms with Gasteiger partial charge in [0.15, 0.2) is 0 Å². The van der Waals surface area contributed by atoms with Crippen molar-refractivity contribution in [3.8, 4) is 0 Å². The van der Waals surface area contributed by atoms with Crippen LogP contribution in [0.2, 0.25) is 0 Å². The molecule has 3 rings (SSSR count). The summed E-state index contributed by atoms with van der Waals surface area (Å²) in [5.74, 6) is -2.03. The summed E-state index contributed by atoms with van der Waals surface area (Å²) in [7, 11) is 0. The zero-order chi connectivity index (χ0) is 15.1. The lowest BCUT2D eigenvalue weighted by molar-refractivity contribution is -0.146. The number of carbonyl (C=O) groups is 2. The highest BCUT2D eigenvalue weighted by atomic mass is 16.4. The van der Waals surface area contributed by atoms with Gasteiger partial charge in [0.1, 0.15) is 0 Å². The quantitative estimate of drug-likeness (QED) is 0.839. The van der Waals surface area contributed by atoms with Crippen molar-refractivity contribution in [2.45, 2.75) is 20.3 Å². The van der Waals surface area contributed by atoms with Crippen molar-refractivity contribution in [3.05, 3.63) is 41.5 Å². The molecule has 0 aromatic heterocycles. The molecule has 1 aromatic carbocycles. The monoisotopic (exact) mass is 285 g/mol. The van der Waals surface area contributed by atoms with Crippen LogP contribution in [-0.2, 0) is 9.59 Å². The number of aryl methyl sites for hydroxylation is 2. The largest absolute Gasteiger partial charge is 0.481 e. The minimum absolute atomic E-state index is 0.00113. The average Bonchev–Trinajstić information content (AvgIpc) is 3.03. The number of carboxylic acid groups (broad SMARTS) is 1. The molecule has 2 N–H and O–H groups in total. The molecule has 2 aliphatic rings. The third kappa shape index (κ3) is 2.24. The second-order valence-electron chi connectivity index (χ2n) is 6.09. The first-order chi connectivity index (χ1) is 9.99. The van der Waals surface area contributed by atoms with Gasteiger partial charge in [-0.1, -0.05) is 30.4 Å². The number of hydrogen-bond donors (Lipinski definition) is 2. The minimum atomic E-state index is -0.867. The van der Waals surface area contributed by atoms with E-state index in [0.717, 1.165) is 23.2 Å². The van der Waals surface area contributed by atoms with Crippen molar-refractivity contribution in [3.63, 3.8) is 0 Å². The maximum absolute atomic E-state index is 12.6. The summed E-state index contributed by atoms with van der Waals surface area (Å²) < 4.78 is 0. The SMILES string of the molecule is Cc1cccc(C)c1NC(=O)[C@@H]1[C@@H](C(=O)O)[C@H]2C=C[C@@H]1C2. The molecule has 1 saturated carbocycles. The summed E-state index contributed by atoms with van der Waals surface area (Å²) in [4.78, 5) is 24.1. The van der Waals surface area contributed by atoms with Crippen LogP contribution in [0.3, 0.4) is 0 Å². The Labute approximate surface area is 123 Å². The lowest BCUT2D eigenvalue weighted by Crippen LogP contribution is -2.36. The summed E-state index contributed by atoms with van der Waals surface area (Å²) in [5.41, 5.74) is 2.79. The topological polar surface area (TPSA) is 66.4 Å². The number of amides is 1. The van der Waals surface area contributed by atoms with Crippen LogP contribution in [-0.4, -0.2) is 17.0 Å². The number of para-hydroxylation sites is 1. The Balaban J connectivity index is 1.85. The van der Waals surface area contributed by atoms with Crippen molar-refractivity contribution in [1.29, 1.82) is 0 Å². The maximum atomic E-state index is 12.6. The van der Waals surface area contributed by atoms with E-state index in [1.54, 1.807) is 0 Å². The molecule has 0 heterocycles. The molecule has 21 heavy (non-hydrogen) atoms. The molecule has 0 saturated heterocycles. The van der Waals surface area contributed by atoms with Crippen LogP contribution in [0.1, 0.15) is 17.5 Å². The molecule has 110 valence electrons. The summed E-state index contributed by atoms with van der Waals surface area (Å²) in [6.07, 6.45) is 4.73. The second-order valence-corrected chi connectivity index (χ2v) is 6.09. The van der Waals surface area contributed by atoms with E-state index in [0.29, 0.717) is 0 Å². The van der Waals surface area contributed by atoms with Gasteiger partial charge in [-0.3, -0.25) is 9.59 Å². The van der Waals surface area contributed by atoms with E-state index >= 15 is 0 Å². The molecule has 4 atom stereocenters.